The Bertz CT molecular complexity index is 236. The molecule has 0 aromatic heterocycles. The van der Waals surface area contributed by atoms with Gasteiger partial charge in [0.2, 0.25) is 5.91 Å². The van der Waals surface area contributed by atoms with Crippen molar-refractivity contribution in [2.45, 2.75) is 25.8 Å². The smallest absolute Gasteiger partial charge is 0.326 e. The monoisotopic (exact) mass is 248 g/mol. The Morgan fingerprint density at radius 1 is 1.50 bits per heavy atom. The predicted octanol–water partition coefficient (Wildman–Crippen LogP) is 0.294. The standard InChI is InChI=1S/C10H20N2O3S/c1-7(6-11)5-9(13)12-8(10(14)15)3-4-16-2/h7-8H,3-6,11H2,1-2H3,(H,12,13)(H,14,15)/t7?,8-/m0/s1. The molecular formula is C10H20N2O3S. The van der Waals surface area contributed by atoms with Gasteiger partial charge in [0.25, 0.3) is 0 Å². The van der Waals surface area contributed by atoms with Gasteiger partial charge in [-0.25, -0.2) is 4.79 Å². The first-order chi connectivity index (χ1) is 7.51. The molecule has 0 aliphatic carbocycles. The molecule has 6 heteroatoms. The Hall–Kier alpha value is -0.750. The molecule has 0 heterocycles. The zero-order chi connectivity index (χ0) is 12.6. The van der Waals surface area contributed by atoms with Crippen molar-refractivity contribution in [2.75, 3.05) is 18.6 Å². The van der Waals surface area contributed by atoms with E-state index < -0.39 is 12.0 Å². The van der Waals surface area contributed by atoms with E-state index in [2.05, 4.69) is 5.32 Å². The highest BCUT2D eigenvalue weighted by atomic mass is 32.2. The van der Waals surface area contributed by atoms with Crippen LogP contribution in [0.5, 0.6) is 0 Å². The Morgan fingerprint density at radius 2 is 2.12 bits per heavy atom. The maximum Gasteiger partial charge on any atom is 0.326 e. The third-order valence-electron chi connectivity index (χ3n) is 2.18. The Labute approximate surface area is 100 Å². The van der Waals surface area contributed by atoms with Gasteiger partial charge < -0.3 is 16.2 Å². The molecule has 0 radical (unpaired) electrons. The largest absolute Gasteiger partial charge is 0.480 e. The molecule has 0 rings (SSSR count). The predicted molar refractivity (Wildman–Crippen MR) is 65.4 cm³/mol. The molecule has 0 aromatic rings. The molecule has 16 heavy (non-hydrogen) atoms. The molecule has 4 N–H and O–H groups in total. The van der Waals surface area contributed by atoms with Gasteiger partial charge in [0, 0.05) is 6.42 Å². The first-order valence-electron chi connectivity index (χ1n) is 5.22. The van der Waals surface area contributed by atoms with Gasteiger partial charge in [-0.2, -0.15) is 11.8 Å². The van der Waals surface area contributed by atoms with Gasteiger partial charge in [-0.1, -0.05) is 6.92 Å². The van der Waals surface area contributed by atoms with Crippen molar-refractivity contribution >= 4 is 23.6 Å². The van der Waals surface area contributed by atoms with Crippen molar-refractivity contribution in [2.24, 2.45) is 11.7 Å². The van der Waals surface area contributed by atoms with E-state index in [1.807, 2.05) is 13.2 Å². The quantitative estimate of drug-likeness (QED) is 0.574. The van der Waals surface area contributed by atoms with E-state index >= 15 is 0 Å². The van der Waals surface area contributed by atoms with Crippen LogP contribution in [0.3, 0.4) is 0 Å². The number of rotatable bonds is 8. The van der Waals surface area contributed by atoms with Gasteiger partial charge in [0.1, 0.15) is 6.04 Å². The molecule has 0 aromatic carbocycles. The van der Waals surface area contributed by atoms with E-state index in [4.69, 9.17) is 10.8 Å². The second-order valence-electron chi connectivity index (χ2n) is 3.78. The summed E-state index contributed by atoms with van der Waals surface area (Å²) in [5.41, 5.74) is 5.39. The maximum absolute atomic E-state index is 11.5. The fourth-order valence-electron chi connectivity index (χ4n) is 1.15. The van der Waals surface area contributed by atoms with Crippen molar-refractivity contribution in [1.82, 2.24) is 5.32 Å². The first-order valence-corrected chi connectivity index (χ1v) is 6.61. The van der Waals surface area contributed by atoms with Gasteiger partial charge in [0.05, 0.1) is 0 Å². The van der Waals surface area contributed by atoms with Crippen LogP contribution in [0, 0.1) is 5.92 Å². The zero-order valence-electron chi connectivity index (χ0n) is 9.73. The second kappa shape index (κ2) is 8.41. The number of nitrogens with one attached hydrogen (secondary N) is 1. The number of thioether (sulfide) groups is 1. The molecular weight excluding hydrogens is 228 g/mol. The van der Waals surface area contributed by atoms with Crippen molar-refractivity contribution in [3.63, 3.8) is 0 Å². The lowest BCUT2D eigenvalue weighted by molar-refractivity contribution is -0.142. The van der Waals surface area contributed by atoms with Crippen molar-refractivity contribution in [3.8, 4) is 0 Å². The SMILES string of the molecule is CSCC[C@H](NC(=O)CC(C)CN)C(=O)O. The molecule has 0 saturated heterocycles. The van der Waals surface area contributed by atoms with E-state index in [9.17, 15) is 9.59 Å². The summed E-state index contributed by atoms with van der Waals surface area (Å²) in [4.78, 5) is 22.3. The molecule has 0 spiro atoms. The third-order valence-corrected chi connectivity index (χ3v) is 2.82. The number of aliphatic carboxylic acids is 1. The molecule has 94 valence electrons. The second-order valence-corrected chi connectivity index (χ2v) is 4.77. The molecule has 0 fully saturated rings. The van der Waals surface area contributed by atoms with E-state index in [1.54, 1.807) is 11.8 Å². The maximum atomic E-state index is 11.5. The van der Waals surface area contributed by atoms with Crippen LogP contribution in [0.15, 0.2) is 0 Å². The topological polar surface area (TPSA) is 92.4 Å². The fraction of sp³-hybridized carbons (Fsp3) is 0.800. The lowest BCUT2D eigenvalue weighted by Crippen LogP contribution is -2.42. The summed E-state index contributed by atoms with van der Waals surface area (Å²) in [6.45, 7) is 2.28. The summed E-state index contributed by atoms with van der Waals surface area (Å²) >= 11 is 1.56. The summed E-state index contributed by atoms with van der Waals surface area (Å²) in [5.74, 6) is -0.437. The van der Waals surface area contributed by atoms with Crippen LogP contribution < -0.4 is 11.1 Å². The molecule has 0 saturated carbocycles. The Kier molecular flexibility index (Phi) is 8.01. The number of hydrogen-bond donors (Lipinski definition) is 3. The molecule has 1 amide bonds. The number of carbonyl (C=O) groups is 2. The van der Waals surface area contributed by atoms with Gasteiger partial charge in [-0.05, 0) is 30.9 Å². The minimum absolute atomic E-state index is 0.0787. The molecule has 2 atom stereocenters. The van der Waals surface area contributed by atoms with Crippen LogP contribution in [0.4, 0.5) is 0 Å². The third kappa shape index (κ3) is 6.68. The summed E-state index contributed by atoms with van der Waals surface area (Å²) < 4.78 is 0. The van der Waals surface area contributed by atoms with Crippen LogP contribution in [-0.2, 0) is 9.59 Å². The number of carboxylic acids is 1. The summed E-state index contributed by atoms with van der Waals surface area (Å²) in [5, 5.41) is 11.4. The lowest BCUT2D eigenvalue weighted by atomic mass is 10.1. The minimum atomic E-state index is -0.984. The average molecular weight is 248 g/mol. The first kappa shape index (κ1) is 15.2. The van der Waals surface area contributed by atoms with Gasteiger partial charge in [-0.15, -0.1) is 0 Å². The number of amides is 1. The number of carboxylic acid groups (broad SMARTS) is 1. The minimum Gasteiger partial charge on any atom is -0.480 e. The van der Waals surface area contributed by atoms with Crippen LogP contribution >= 0.6 is 11.8 Å². The Balaban J connectivity index is 4.07. The van der Waals surface area contributed by atoms with Crippen molar-refractivity contribution < 1.29 is 14.7 Å². The summed E-state index contributed by atoms with van der Waals surface area (Å²) in [7, 11) is 0. The van der Waals surface area contributed by atoms with Crippen LogP contribution in [0.2, 0.25) is 0 Å². The number of nitrogens with two attached hydrogens (primary N) is 1. The lowest BCUT2D eigenvalue weighted by Gasteiger charge is -2.15. The molecule has 5 nitrogen and oxygen atoms in total. The molecule has 0 aliphatic rings. The molecule has 0 aliphatic heterocycles. The van der Waals surface area contributed by atoms with Gasteiger partial charge in [0.15, 0.2) is 0 Å². The average Bonchev–Trinajstić information content (AvgIpc) is 2.23. The number of hydrogen-bond acceptors (Lipinski definition) is 4. The molecule has 1 unspecified atom stereocenters. The molecule has 0 bridgehead atoms. The number of carbonyl (C=O) groups excluding carboxylic acids is 1. The highest BCUT2D eigenvalue weighted by Gasteiger charge is 2.19. The van der Waals surface area contributed by atoms with Crippen molar-refractivity contribution in [1.29, 1.82) is 0 Å². The van der Waals surface area contributed by atoms with Gasteiger partial charge in [-0.3, -0.25) is 4.79 Å². The van der Waals surface area contributed by atoms with E-state index in [-0.39, 0.29) is 18.2 Å². The van der Waals surface area contributed by atoms with E-state index in [1.165, 1.54) is 0 Å². The van der Waals surface area contributed by atoms with E-state index in [0.29, 0.717) is 18.7 Å². The van der Waals surface area contributed by atoms with Crippen LogP contribution in [0.25, 0.3) is 0 Å². The Morgan fingerprint density at radius 3 is 2.56 bits per heavy atom. The van der Waals surface area contributed by atoms with Crippen LogP contribution in [0.1, 0.15) is 19.8 Å². The van der Waals surface area contributed by atoms with Gasteiger partial charge >= 0.3 is 5.97 Å². The normalized spacial score (nSPS) is 14.2. The summed E-state index contributed by atoms with van der Waals surface area (Å²) in [6.07, 6.45) is 2.62. The summed E-state index contributed by atoms with van der Waals surface area (Å²) in [6, 6.07) is -0.787. The highest BCUT2D eigenvalue weighted by molar-refractivity contribution is 7.98. The van der Waals surface area contributed by atoms with E-state index in [0.717, 1.165) is 0 Å². The van der Waals surface area contributed by atoms with Crippen LogP contribution in [-0.4, -0.2) is 41.6 Å². The van der Waals surface area contributed by atoms with Crippen molar-refractivity contribution in [3.05, 3.63) is 0 Å². The zero-order valence-corrected chi connectivity index (χ0v) is 10.5. The fourth-order valence-corrected chi connectivity index (χ4v) is 1.62. The highest BCUT2D eigenvalue weighted by Crippen LogP contribution is 2.03.